The number of hydrogen-bond acceptors (Lipinski definition) is 1. The second-order valence-electron chi connectivity index (χ2n) is 5.13. The average Bonchev–Trinajstić information content (AvgIpc) is 2.08. The Hall–Kier alpha value is 0.907. The van der Waals surface area contributed by atoms with Gasteiger partial charge in [-0.3, -0.25) is 0 Å². The first-order chi connectivity index (χ1) is 6.98. The zero-order valence-corrected chi connectivity index (χ0v) is 14.1. The first kappa shape index (κ1) is 15.9. The van der Waals surface area contributed by atoms with Crippen LogP contribution in [0, 0.1) is 0 Å². The summed E-state index contributed by atoms with van der Waals surface area (Å²) in [4.78, 5) is 0. The average molecular weight is 342 g/mol. The maximum atomic E-state index is 6.00. The van der Waals surface area contributed by atoms with Gasteiger partial charge in [-0.05, 0) is 44.2 Å². The number of hydrogen-bond donors (Lipinski definition) is 0. The van der Waals surface area contributed by atoms with Crippen molar-refractivity contribution in [2.75, 3.05) is 4.43 Å². The molecule has 0 spiro atoms. The Labute approximate surface area is 111 Å². The molecule has 0 unspecified atom stereocenters. The summed E-state index contributed by atoms with van der Waals surface area (Å²) < 4.78 is 7.31. The smallest absolute Gasteiger partial charge is 0.171 e. The molecule has 92 valence electrons. The lowest BCUT2D eigenvalue weighted by Crippen LogP contribution is -2.29. The fourth-order valence-electron chi connectivity index (χ4n) is 1.87. The Morgan fingerprint density at radius 2 is 1.53 bits per heavy atom. The highest BCUT2D eigenvalue weighted by atomic mass is 127. The van der Waals surface area contributed by atoms with Crippen molar-refractivity contribution in [1.82, 2.24) is 0 Å². The summed E-state index contributed by atoms with van der Waals surface area (Å²) >= 11 is 2.46. The van der Waals surface area contributed by atoms with Crippen molar-refractivity contribution in [3.8, 4) is 0 Å². The quantitative estimate of drug-likeness (QED) is 0.259. The molecule has 0 heterocycles. The maximum absolute atomic E-state index is 6.00. The lowest BCUT2D eigenvalue weighted by molar-refractivity contribution is 0.0961. The van der Waals surface area contributed by atoms with Crippen LogP contribution in [0.1, 0.15) is 52.4 Å². The molecule has 0 radical (unpaired) electrons. The third kappa shape index (κ3) is 11.2. The molecule has 0 bridgehead atoms. The molecule has 0 aromatic rings. The van der Waals surface area contributed by atoms with E-state index >= 15 is 0 Å². The Bertz CT molecular complexity index is 149. The van der Waals surface area contributed by atoms with E-state index in [1.165, 1.54) is 43.0 Å². The second kappa shape index (κ2) is 8.99. The van der Waals surface area contributed by atoms with Crippen molar-refractivity contribution >= 4 is 31.6 Å². The van der Waals surface area contributed by atoms with E-state index in [2.05, 4.69) is 49.5 Å². The van der Waals surface area contributed by atoms with Crippen molar-refractivity contribution in [1.29, 1.82) is 0 Å². The summed E-state index contributed by atoms with van der Waals surface area (Å²) in [6.45, 7) is 8.99. The van der Waals surface area contributed by atoms with Gasteiger partial charge in [0.1, 0.15) is 0 Å². The van der Waals surface area contributed by atoms with E-state index in [1.807, 2.05) is 0 Å². The van der Waals surface area contributed by atoms with Crippen molar-refractivity contribution in [3.05, 3.63) is 0 Å². The highest BCUT2D eigenvalue weighted by Crippen LogP contribution is 2.20. The van der Waals surface area contributed by atoms with Gasteiger partial charge in [0.15, 0.2) is 9.04 Å². The molecule has 0 aromatic heterocycles. The Kier molecular flexibility index (Phi) is 9.53. The van der Waals surface area contributed by atoms with Gasteiger partial charge in [-0.25, -0.2) is 0 Å². The standard InChI is InChI=1S/C12H27IOSi/c1-12(2,14-15(3)4)10-8-6-5-7-9-11-13/h15H,5-11H2,1-4H3. The molecule has 0 fully saturated rings. The predicted molar refractivity (Wildman–Crippen MR) is 80.6 cm³/mol. The van der Waals surface area contributed by atoms with Gasteiger partial charge in [-0.15, -0.1) is 0 Å². The molecular weight excluding hydrogens is 315 g/mol. The minimum Gasteiger partial charge on any atom is -0.416 e. The molecular formula is C12H27IOSi. The van der Waals surface area contributed by atoms with Crippen molar-refractivity contribution in [2.24, 2.45) is 0 Å². The van der Waals surface area contributed by atoms with Gasteiger partial charge < -0.3 is 4.43 Å². The van der Waals surface area contributed by atoms with E-state index in [-0.39, 0.29) is 5.60 Å². The van der Waals surface area contributed by atoms with E-state index in [1.54, 1.807) is 0 Å². The van der Waals surface area contributed by atoms with Gasteiger partial charge in [-0.2, -0.15) is 0 Å². The van der Waals surface area contributed by atoms with Crippen LogP contribution in [0.5, 0.6) is 0 Å². The molecule has 0 aliphatic heterocycles. The van der Waals surface area contributed by atoms with Crippen LogP contribution < -0.4 is 0 Å². The Morgan fingerprint density at radius 3 is 2.07 bits per heavy atom. The summed E-state index contributed by atoms with van der Waals surface area (Å²) in [5, 5.41) is 0. The third-order valence-electron chi connectivity index (χ3n) is 2.47. The molecule has 0 N–H and O–H groups in total. The van der Waals surface area contributed by atoms with E-state index in [0.717, 1.165) is 0 Å². The maximum Gasteiger partial charge on any atom is 0.171 e. The van der Waals surface area contributed by atoms with Crippen LogP contribution in [0.2, 0.25) is 13.1 Å². The van der Waals surface area contributed by atoms with Gasteiger partial charge in [-0.1, -0.05) is 48.3 Å². The van der Waals surface area contributed by atoms with E-state index in [9.17, 15) is 0 Å². The van der Waals surface area contributed by atoms with Gasteiger partial charge in [0.2, 0.25) is 0 Å². The van der Waals surface area contributed by atoms with Gasteiger partial charge >= 0.3 is 0 Å². The zero-order chi connectivity index (χ0) is 11.7. The topological polar surface area (TPSA) is 9.23 Å². The number of unbranched alkanes of at least 4 members (excludes halogenated alkanes) is 4. The van der Waals surface area contributed by atoms with E-state index in [0.29, 0.717) is 0 Å². The monoisotopic (exact) mass is 342 g/mol. The highest BCUT2D eigenvalue weighted by Gasteiger charge is 2.18. The largest absolute Gasteiger partial charge is 0.416 e. The van der Waals surface area contributed by atoms with Gasteiger partial charge in [0, 0.05) is 0 Å². The van der Waals surface area contributed by atoms with Gasteiger partial charge in [0.05, 0.1) is 5.60 Å². The van der Waals surface area contributed by atoms with Crippen LogP contribution in [0.3, 0.4) is 0 Å². The van der Waals surface area contributed by atoms with Crippen LogP contribution in [0.15, 0.2) is 0 Å². The van der Waals surface area contributed by atoms with Crippen LogP contribution in [0.25, 0.3) is 0 Å². The predicted octanol–water partition coefficient (Wildman–Crippen LogP) is 4.54. The minimum atomic E-state index is -0.866. The molecule has 0 saturated carbocycles. The zero-order valence-electron chi connectivity index (χ0n) is 10.8. The van der Waals surface area contributed by atoms with Crippen LogP contribution >= 0.6 is 22.6 Å². The molecule has 15 heavy (non-hydrogen) atoms. The molecule has 1 nitrogen and oxygen atoms in total. The Morgan fingerprint density at radius 1 is 1.00 bits per heavy atom. The molecule has 0 aromatic carbocycles. The molecule has 0 atom stereocenters. The number of alkyl halides is 1. The number of rotatable bonds is 9. The Balaban J connectivity index is 3.40. The fraction of sp³-hybridized carbons (Fsp3) is 1.00. The molecule has 0 saturated heterocycles. The summed E-state index contributed by atoms with van der Waals surface area (Å²) in [6.07, 6.45) is 8.13. The highest BCUT2D eigenvalue weighted by molar-refractivity contribution is 14.1. The van der Waals surface area contributed by atoms with Crippen LogP contribution in [-0.4, -0.2) is 19.1 Å². The summed E-state index contributed by atoms with van der Waals surface area (Å²) in [5.74, 6) is 0. The molecule has 0 aliphatic carbocycles. The molecule has 0 amide bonds. The third-order valence-corrected chi connectivity index (χ3v) is 4.34. The summed E-state index contributed by atoms with van der Waals surface area (Å²) in [6, 6.07) is 0. The lowest BCUT2D eigenvalue weighted by atomic mass is 10.00. The van der Waals surface area contributed by atoms with Crippen molar-refractivity contribution in [2.45, 2.75) is 71.1 Å². The first-order valence-electron chi connectivity index (χ1n) is 6.22. The fourth-order valence-corrected chi connectivity index (χ4v) is 3.81. The normalized spacial score (nSPS) is 12.4. The van der Waals surface area contributed by atoms with Gasteiger partial charge in [0.25, 0.3) is 0 Å². The first-order valence-corrected chi connectivity index (χ1v) is 10.5. The summed E-state index contributed by atoms with van der Waals surface area (Å²) in [7, 11) is -0.866. The molecule has 3 heteroatoms. The van der Waals surface area contributed by atoms with E-state index < -0.39 is 9.04 Å². The van der Waals surface area contributed by atoms with E-state index in [4.69, 9.17) is 4.43 Å². The van der Waals surface area contributed by atoms with Crippen molar-refractivity contribution < 1.29 is 4.43 Å². The number of halogens is 1. The second-order valence-corrected chi connectivity index (χ2v) is 8.55. The summed E-state index contributed by atoms with van der Waals surface area (Å²) in [5.41, 5.74) is 0.129. The van der Waals surface area contributed by atoms with Crippen LogP contribution in [0.4, 0.5) is 0 Å². The molecule has 0 aliphatic rings. The van der Waals surface area contributed by atoms with Crippen molar-refractivity contribution in [3.63, 3.8) is 0 Å². The van der Waals surface area contributed by atoms with Crippen LogP contribution in [-0.2, 0) is 4.43 Å². The molecule has 0 rings (SSSR count). The minimum absolute atomic E-state index is 0.129. The lowest BCUT2D eigenvalue weighted by Gasteiger charge is -2.28. The SMILES string of the molecule is C[SiH](C)OC(C)(C)CCCCCCCI.